The van der Waals surface area contributed by atoms with Crippen molar-refractivity contribution in [2.45, 2.75) is 6.92 Å². The smallest absolute Gasteiger partial charge is 0.151 e. The fourth-order valence-corrected chi connectivity index (χ4v) is 0. The highest BCUT2D eigenvalue weighted by Gasteiger charge is 1.91. The second kappa shape index (κ2) is 1.60. The van der Waals surface area contributed by atoms with E-state index >= 15 is 0 Å². The van der Waals surface area contributed by atoms with Crippen molar-refractivity contribution in [1.29, 1.82) is 0 Å². The van der Waals surface area contributed by atoms with Crippen molar-refractivity contribution < 1.29 is 8.42 Å². The van der Waals surface area contributed by atoms with E-state index < -0.39 is 9.84 Å². The first-order chi connectivity index (χ1) is 2.56. The van der Waals surface area contributed by atoms with Gasteiger partial charge in [0.15, 0.2) is 9.84 Å². The van der Waals surface area contributed by atoms with Gasteiger partial charge in [0, 0.05) is 5.75 Å². The molecule has 1 radical (unpaired) electrons. The Bertz CT molecular complexity index is 111. The van der Waals surface area contributed by atoms with Crippen LogP contribution in [0.2, 0.25) is 0 Å². The first-order valence-electron chi connectivity index (χ1n) is 1.62. The lowest BCUT2D eigenvalue weighted by atomic mass is 11.0. The summed E-state index contributed by atoms with van der Waals surface area (Å²) in [6.07, 6.45) is 2.86. The summed E-state index contributed by atoms with van der Waals surface area (Å²) in [6, 6.07) is 0. The predicted octanol–water partition coefficient (Wildman–Crippen LogP) is 0.213. The zero-order chi connectivity index (χ0) is 5.21. The Balaban J connectivity index is 3.85. The Kier molecular flexibility index (Phi) is 1.59. The second-order valence-corrected chi connectivity index (χ2v) is 3.10. The lowest BCUT2D eigenvalue weighted by Gasteiger charge is -1.80. The van der Waals surface area contributed by atoms with Gasteiger partial charge < -0.3 is 0 Å². The summed E-state index contributed by atoms with van der Waals surface area (Å²) in [7, 11) is -2.91. The van der Waals surface area contributed by atoms with Crippen LogP contribution < -0.4 is 0 Å². The van der Waals surface area contributed by atoms with E-state index in [1.54, 1.807) is 6.92 Å². The predicted molar refractivity (Wildman–Crippen MR) is 24.8 cm³/mol. The average molecular weight is 107 g/mol. The first-order valence-corrected chi connectivity index (χ1v) is 3.44. The van der Waals surface area contributed by atoms with Crippen LogP contribution in [0.3, 0.4) is 0 Å². The number of hydrogen-bond acceptors (Lipinski definition) is 2. The highest BCUT2D eigenvalue weighted by molar-refractivity contribution is 7.92. The average Bonchev–Trinajstić information content (AvgIpc) is 1.35. The molecule has 0 aromatic heterocycles. The molecular formula is C3H7O2S. The summed E-state index contributed by atoms with van der Waals surface area (Å²) in [6.45, 7) is 1.56. The van der Waals surface area contributed by atoms with Crippen molar-refractivity contribution in [2.75, 3.05) is 5.75 Å². The van der Waals surface area contributed by atoms with E-state index in [0.29, 0.717) is 0 Å². The topological polar surface area (TPSA) is 34.1 Å². The Morgan fingerprint density at radius 3 is 1.83 bits per heavy atom. The van der Waals surface area contributed by atoms with E-state index in [9.17, 15) is 8.42 Å². The van der Waals surface area contributed by atoms with Crippen LogP contribution in [0.25, 0.3) is 0 Å². The molecule has 0 aliphatic rings. The summed E-state index contributed by atoms with van der Waals surface area (Å²) >= 11 is 0. The fourth-order valence-electron chi connectivity index (χ4n) is 0. The molecule has 6 heavy (non-hydrogen) atoms. The van der Waals surface area contributed by atoms with Crippen molar-refractivity contribution in [2.24, 2.45) is 0 Å². The molecule has 0 bridgehead atoms. The molecule has 3 heteroatoms. The molecule has 0 N–H and O–H groups in total. The van der Waals surface area contributed by atoms with Crippen molar-refractivity contribution in [3.05, 3.63) is 6.26 Å². The molecule has 0 saturated carbocycles. The van der Waals surface area contributed by atoms with Crippen LogP contribution in [0.4, 0.5) is 0 Å². The molecule has 0 aliphatic carbocycles. The molecular weight excluding hydrogens is 100 g/mol. The number of hydrogen-bond donors (Lipinski definition) is 0. The van der Waals surface area contributed by atoms with E-state index in [0.717, 1.165) is 0 Å². The van der Waals surface area contributed by atoms with E-state index in [-0.39, 0.29) is 5.75 Å². The van der Waals surface area contributed by atoms with Gasteiger partial charge in [-0.2, -0.15) is 0 Å². The second-order valence-electron chi connectivity index (χ2n) is 1.03. The van der Waals surface area contributed by atoms with Gasteiger partial charge in [0.25, 0.3) is 0 Å². The van der Waals surface area contributed by atoms with Gasteiger partial charge in [0.2, 0.25) is 0 Å². The van der Waals surface area contributed by atoms with Crippen LogP contribution >= 0.6 is 0 Å². The monoisotopic (exact) mass is 107 g/mol. The van der Waals surface area contributed by atoms with Gasteiger partial charge in [-0.25, -0.2) is 8.42 Å². The van der Waals surface area contributed by atoms with Gasteiger partial charge in [-0.05, 0) is 0 Å². The van der Waals surface area contributed by atoms with E-state index in [1.807, 2.05) is 0 Å². The van der Waals surface area contributed by atoms with E-state index in [4.69, 9.17) is 0 Å². The van der Waals surface area contributed by atoms with Gasteiger partial charge in [-0.15, -0.1) is 0 Å². The third-order valence-electron chi connectivity index (χ3n) is 0.440. The molecule has 0 rings (SSSR count). The number of sulfone groups is 1. The zero-order valence-corrected chi connectivity index (χ0v) is 4.46. The van der Waals surface area contributed by atoms with Crippen LogP contribution in [0.5, 0.6) is 0 Å². The summed E-state index contributed by atoms with van der Waals surface area (Å²) in [5.74, 6) is 0.132. The molecule has 0 heterocycles. The Labute approximate surface area is 38.1 Å². The molecule has 0 unspecified atom stereocenters. The molecule has 0 spiro atoms. The third kappa shape index (κ3) is 3.95. The van der Waals surface area contributed by atoms with E-state index in [1.165, 1.54) is 0 Å². The number of rotatable bonds is 1. The zero-order valence-electron chi connectivity index (χ0n) is 3.64. The van der Waals surface area contributed by atoms with Crippen LogP contribution in [0.1, 0.15) is 6.92 Å². The highest BCUT2D eigenvalue weighted by atomic mass is 32.2. The SMILES string of the molecule is [CH2]S(=O)(=O)CC. The highest BCUT2D eigenvalue weighted by Crippen LogP contribution is 1.79. The van der Waals surface area contributed by atoms with Crippen LogP contribution in [-0.2, 0) is 9.84 Å². The Hall–Kier alpha value is -0.0500. The molecule has 0 saturated heterocycles. The fraction of sp³-hybridized carbons (Fsp3) is 0.667. The first kappa shape index (κ1) is 5.95. The molecule has 0 aliphatic heterocycles. The van der Waals surface area contributed by atoms with Crippen molar-refractivity contribution in [3.63, 3.8) is 0 Å². The van der Waals surface area contributed by atoms with Gasteiger partial charge in [-0.3, -0.25) is 0 Å². The molecule has 0 aromatic carbocycles. The summed E-state index contributed by atoms with van der Waals surface area (Å²) in [5, 5.41) is 0. The minimum Gasteiger partial charge on any atom is -0.229 e. The van der Waals surface area contributed by atoms with Gasteiger partial charge in [0.1, 0.15) is 0 Å². The Morgan fingerprint density at radius 1 is 1.67 bits per heavy atom. The third-order valence-corrected chi connectivity index (χ3v) is 1.32. The van der Waals surface area contributed by atoms with Crippen molar-refractivity contribution in [1.82, 2.24) is 0 Å². The van der Waals surface area contributed by atoms with Crippen molar-refractivity contribution in [3.8, 4) is 0 Å². The molecule has 37 valence electrons. The summed E-state index contributed by atoms with van der Waals surface area (Å²) in [5.41, 5.74) is 0. The van der Waals surface area contributed by atoms with E-state index in [2.05, 4.69) is 6.26 Å². The molecule has 0 atom stereocenters. The van der Waals surface area contributed by atoms with Gasteiger partial charge in [-0.1, -0.05) is 6.92 Å². The maximum absolute atomic E-state index is 9.89. The summed E-state index contributed by atoms with van der Waals surface area (Å²) in [4.78, 5) is 0. The van der Waals surface area contributed by atoms with Gasteiger partial charge in [0.05, 0.1) is 6.26 Å². The standard InChI is InChI=1S/C3H7O2S/c1-3-6(2,4)5/h2-3H2,1H3. The minimum absolute atomic E-state index is 0.132. The molecule has 0 aromatic rings. The molecule has 0 fully saturated rings. The Morgan fingerprint density at radius 2 is 1.83 bits per heavy atom. The lowest BCUT2D eigenvalue weighted by Crippen LogP contribution is -1.93. The van der Waals surface area contributed by atoms with Crippen LogP contribution in [0.15, 0.2) is 0 Å². The molecule has 0 amide bonds. The largest absolute Gasteiger partial charge is 0.229 e. The summed E-state index contributed by atoms with van der Waals surface area (Å²) < 4.78 is 19.8. The van der Waals surface area contributed by atoms with Gasteiger partial charge >= 0.3 is 0 Å². The lowest BCUT2D eigenvalue weighted by molar-refractivity contribution is 0.605. The maximum Gasteiger partial charge on any atom is 0.151 e. The van der Waals surface area contributed by atoms with Crippen LogP contribution in [-0.4, -0.2) is 14.2 Å². The van der Waals surface area contributed by atoms with Crippen molar-refractivity contribution >= 4 is 9.84 Å². The quantitative estimate of drug-likeness (QED) is 0.480. The maximum atomic E-state index is 9.89. The van der Waals surface area contributed by atoms with Crippen LogP contribution in [0, 0.1) is 6.26 Å². The normalized spacial score (nSPS) is 11.7. The minimum atomic E-state index is -2.91. The molecule has 2 nitrogen and oxygen atoms in total.